The molecule has 0 bridgehead atoms. The van der Waals surface area contributed by atoms with Gasteiger partial charge in [0.25, 0.3) is 0 Å². The third kappa shape index (κ3) is 6.98. The maximum Gasteiger partial charge on any atom is 0.140 e. The Bertz CT molecular complexity index is 3630. The second-order valence-corrected chi connectivity index (χ2v) is 22.8. The second kappa shape index (κ2) is 18.1. The van der Waals surface area contributed by atoms with E-state index in [4.69, 9.17) is 0 Å². The lowest BCUT2D eigenvalue weighted by Gasteiger charge is -2.33. The second-order valence-electron chi connectivity index (χ2n) is 22.8. The molecule has 0 nitrogen and oxygen atoms in total. The van der Waals surface area contributed by atoms with Crippen LogP contribution in [0.25, 0.3) is 76.8 Å². The molecule has 0 aliphatic heterocycles. The molecule has 8 aromatic carbocycles. The van der Waals surface area contributed by atoms with Crippen molar-refractivity contribution >= 4 is 405 Å². The first kappa shape index (κ1) is 52.7. The van der Waals surface area contributed by atoms with E-state index in [0.717, 1.165) is 0 Å². The minimum absolute atomic E-state index is 1.39. The highest BCUT2D eigenvalue weighted by Crippen LogP contribution is 2.39. The van der Waals surface area contributed by atoms with Gasteiger partial charge in [0.2, 0.25) is 0 Å². The zero-order valence-electron chi connectivity index (χ0n) is 49.0. The minimum Gasteiger partial charge on any atom is -0.102 e. The van der Waals surface area contributed by atoms with Crippen LogP contribution < -0.4 is 153 Å². The number of hydrogen-bond acceptors (Lipinski definition) is 0. The van der Waals surface area contributed by atoms with Gasteiger partial charge in [0.1, 0.15) is 220 Å². The third-order valence-corrected chi connectivity index (χ3v) is 20.4. The fourth-order valence-electron chi connectivity index (χ4n) is 14.0. The Morgan fingerprint density at radius 1 is 0.0857 bits per heavy atom. The summed E-state index contributed by atoms with van der Waals surface area (Å²) in [5, 5.41) is 8.58. The van der Waals surface area contributed by atoms with Crippen LogP contribution in [-0.4, -0.2) is 220 Å². The van der Waals surface area contributed by atoms with Crippen LogP contribution in [0.1, 0.15) is 0 Å². The standard InChI is InChI=1S/C42H56B28/c43-15-7(20(48)23(51)10-9(15)30(58)38(66)39(67)31(10)59)1-3-5(18(46)36(64)34(62)16(3)44)2(6-4(1)17(45)35(63)37(65)19(6)47)8-21(49)24(52)11(25(53)22(8)50)12-26(54)28(56)13(29(57)27(12)55)14-32(60)40(68)42(70)41(69)33(14)61/h43-70H2. The summed E-state index contributed by atoms with van der Waals surface area (Å²) < 4.78 is 0. The molecule has 8 aromatic rings. The SMILES string of the molecule is Bc1c(B)c(B)c(-c2c(B)c(B)c(-c3c(B)c(B)c(-c4c5c(B)c(B)c(B)c(B)c5c(-c5c(B)c(B)c6c(B)c(B)c(B)c(B)c6c5B)c5c(B)c(B)c(B)c(B)c45)c(B)c3B)c(B)c2B)c(B)c1B. The molecule has 28 heteroatoms. The lowest BCUT2D eigenvalue weighted by Crippen LogP contribution is -2.57. The molecule has 0 unspecified atom stereocenters. The van der Waals surface area contributed by atoms with Gasteiger partial charge in [0.05, 0.1) is 0 Å². The van der Waals surface area contributed by atoms with Crippen LogP contribution >= 0.6 is 0 Å². The van der Waals surface area contributed by atoms with Crippen LogP contribution in [0.3, 0.4) is 0 Å². The van der Waals surface area contributed by atoms with Crippen molar-refractivity contribution in [1.29, 1.82) is 0 Å². The molecule has 0 aromatic heterocycles. The van der Waals surface area contributed by atoms with Crippen LogP contribution in [0.5, 0.6) is 0 Å². The molecule has 308 valence electrons. The van der Waals surface area contributed by atoms with Gasteiger partial charge in [-0.05, 0) is 76.8 Å². The monoisotopic (exact) mass is 869 g/mol. The fourth-order valence-corrected chi connectivity index (χ4v) is 14.0. The zero-order chi connectivity index (χ0) is 52.2. The summed E-state index contributed by atoms with van der Waals surface area (Å²) in [5.74, 6) is 0. The first-order valence-corrected chi connectivity index (χ1v) is 26.2. The molecule has 0 radical (unpaired) electrons. The molecule has 0 fully saturated rings. The highest BCUT2D eigenvalue weighted by atomic mass is 14.3. The van der Waals surface area contributed by atoms with Crippen molar-refractivity contribution < 1.29 is 0 Å². The van der Waals surface area contributed by atoms with Crippen molar-refractivity contribution in [2.45, 2.75) is 0 Å². The van der Waals surface area contributed by atoms with Gasteiger partial charge < -0.3 is 0 Å². The van der Waals surface area contributed by atoms with E-state index < -0.39 is 0 Å². The van der Waals surface area contributed by atoms with Crippen molar-refractivity contribution in [3.63, 3.8) is 0 Å². The van der Waals surface area contributed by atoms with Gasteiger partial charge in [-0.1, -0.05) is 104 Å². The number of rotatable bonds is 4. The molecule has 0 saturated heterocycles. The van der Waals surface area contributed by atoms with E-state index >= 15 is 0 Å². The van der Waals surface area contributed by atoms with E-state index in [9.17, 15) is 0 Å². The Labute approximate surface area is 446 Å². The first-order chi connectivity index (χ1) is 32.5. The molecule has 0 heterocycles. The molecule has 8 rings (SSSR count). The van der Waals surface area contributed by atoms with Gasteiger partial charge in [-0.3, -0.25) is 0 Å². The number of fused-ring (bicyclic) bond motifs is 3. The molecule has 0 aliphatic carbocycles. The molecule has 0 atom stereocenters. The largest absolute Gasteiger partial charge is 0.140 e. The molecule has 0 spiro atoms. The van der Waals surface area contributed by atoms with E-state index in [0.29, 0.717) is 0 Å². The Balaban J connectivity index is 1.60. The van der Waals surface area contributed by atoms with Gasteiger partial charge in [-0.25, -0.2) is 0 Å². The van der Waals surface area contributed by atoms with E-state index in [1.807, 2.05) is 0 Å². The summed E-state index contributed by atoms with van der Waals surface area (Å²) >= 11 is 0. The van der Waals surface area contributed by atoms with Gasteiger partial charge >= 0.3 is 0 Å². The summed E-state index contributed by atoms with van der Waals surface area (Å²) in [5.41, 5.74) is 50.7. The van der Waals surface area contributed by atoms with E-state index in [1.54, 1.807) is 0 Å². The summed E-state index contributed by atoms with van der Waals surface area (Å²) in [7, 11) is 66.7. The molecule has 70 heavy (non-hydrogen) atoms. The van der Waals surface area contributed by atoms with Gasteiger partial charge in [0, 0.05) is 0 Å². The van der Waals surface area contributed by atoms with E-state index in [1.165, 1.54) is 230 Å². The molecular weight excluding hydrogens is 807 g/mol. The Hall–Kier alpha value is -3.64. The average Bonchev–Trinajstić information content (AvgIpc) is 3.32. The van der Waals surface area contributed by atoms with Gasteiger partial charge in [-0.15, -0.1) is 49.2 Å². The maximum absolute atomic E-state index is 2.44. The summed E-state index contributed by atoms with van der Waals surface area (Å²) in [6.45, 7) is 0. The quantitative estimate of drug-likeness (QED) is 0.122. The molecule has 0 amide bonds. The third-order valence-electron chi connectivity index (χ3n) is 20.4. The van der Waals surface area contributed by atoms with Crippen LogP contribution in [0, 0.1) is 0 Å². The highest BCUT2D eigenvalue weighted by Gasteiger charge is 2.31. The first-order valence-electron chi connectivity index (χ1n) is 26.2. The molecule has 0 N–H and O–H groups in total. The predicted molar refractivity (Wildman–Crippen MR) is 410 cm³/mol. The highest BCUT2D eigenvalue weighted by molar-refractivity contribution is 6.77. The lowest BCUT2D eigenvalue weighted by molar-refractivity contribution is 1.81. The van der Waals surface area contributed by atoms with Crippen molar-refractivity contribution in [1.82, 2.24) is 0 Å². The summed E-state index contributed by atoms with van der Waals surface area (Å²) in [4.78, 5) is 0. The smallest absolute Gasteiger partial charge is 0.102 e. The van der Waals surface area contributed by atoms with E-state index in [2.05, 4.69) is 220 Å². The summed E-state index contributed by atoms with van der Waals surface area (Å²) in [6, 6.07) is 0. The van der Waals surface area contributed by atoms with Crippen LogP contribution in [0.4, 0.5) is 0 Å². The maximum atomic E-state index is 2.44. The van der Waals surface area contributed by atoms with Crippen molar-refractivity contribution in [2.24, 2.45) is 0 Å². The van der Waals surface area contributed by atoms with Crippen molar-refractivity contribution in [3.8, 4) is 44.5 Å². The van der Waals surface area contributed by atoms with Gasteiger partial charge in [0.15, 0.2) is 0 Å². The van der Waals surface area contributed by atoms with Crippen LogP contribution in [0.15, 0.2) is 0 Å². The molecular formula is C42H56B28. The topological polar surface area (TPSA) is 0 Å². The van der Waals surface area contributed by atoms with Crippen LogP contribution in [0.2, 0.25) is 0 Å². The summed E-state index contributed by atoms with van der Waals surface area (Å²) in [6.07, 6.45) is 0. The molecule has 0 aliphatic rings. The van der Waals surface area contributed by atoms with Gasteiger partial charge in [-0.2, -0.15) is 0 Å². The fraction of sp³-hybridized carbons (Fsp3) is 0. The number of hydrogen-bond donors (Lipinski definition) is 0. The van der Waals surface area contributed by atoms with Crippen molar-refractivity contribution in [2.75, 3.05) is 0 Å². The predicted octanol–water partition coefficient (Wildman–Crippen LogP) is -37.0. The van der Waals surface area contributed by atoms with Crippen molar-refractivity contribution in [3.05, 3.63) is 0 Å². The molecule has 0 saturated carbocycles. The van der Waals surface area contributed by atoms with Crippen LogP contribution in [-0.2, 0) is 0 Å². The average molecular weight is 864 g/mol. The minimum atomic E-state index is 1.39. The van der Waals surface area contributed by atoms with E-state index in [-0.39, 0.29) is 0 Å². The number of benzene rings is 8. The lowest BCUT2D eigenvalue weighted by atomic mass is 9.54. The Morgan fingerprint density at radius 3 is 0.443 bits per heavy atom. The Morgan fingerprint density at radius 2 is 0.200 bits per heavy atom. The normalized spacial score (nSPS) is 11.6. The zero-order valence-corrected chi connectivity index (χ0v) is 49.0. The Kier molecular flexibility index (Phi) is 13.6.